The van der Waals surface area contributed by atoms with E-state index in [9.17, 15) is 4.79 Å². The Hall–Kier alpha value is -3.32. The van der Waals surface area contributed by atoms with Gasteiger partial charge in [-0.05, 0) is 43.9 Å². The molecular formula is C25H27N5OS. The zero-order valence-corrected chi connectivity index (χ0v) is 19.4. The first kappa shape index (κ1) is 21.9. The number of anilines is 2. The molecule has 2 N–H and O–H groups in total. The van der Waals surface area contributed by atoms with E-state index in [-0.39, 0.29) is 11.7 Å². The first-order valence-corrected chi connectivity index (χ1v) is 11.7. The topological polar surface area (TPSA) is 71.8 Å². The summed E-state index contributed by atoms with van der Waals surface area (Å²) in [4.78, 5) is 12.6. The predicted octanol–water partition coefficient (Wildman–Crippen LogP) is 5.41. The highest BCUT2D eigenvalue weighted by molar-refractivity contribution is 7.99. The van der Waals surface area contributed by atoms with Gasteiger partial charge in [-0.15, -0.1) is 10.2 Å². The van der Waals surface area contributed by atoms with E-state index in [0.717, 1.165) is 39.7 Å². The lowest BCUT2D eigenvalue weighted by atomic mass is 10.1. The second-order valence-corrected chi connectivity index (χ2v) is 8.62. The molecule has 6 nitrogen and oxygen atoms in total. The van der Waals surface area contributed by atoms with Crippen LogP contribution in [0.15, 0.2) is 65.8 Å². The fourth-order valence-electron chi connectivity index (χ4n) is 3.71. The second kappa shape index (κ2) is 9.87. The van der Waals surface area contributed by atoms with Crippen LogP contribution in [0.4, 0.5) is 11.4 Å². The lowest BCUT2D eigenvalue weighted by Gasteiger charge is -2.12. The molecule has 0 aliphatic rings. The van der Waals surface area contributed by atoms with Gasteiger partial charge in [-0.1, -0.05) is 65.9 Å². The highest BCUT2D eigenvalue weighted by Gasteiger charge is 2.14. The van der Waals surface area contributed by atoms with Crippen LogP contribution < -0.4 is 10.6 Å². The Bertz CT molecular complexity index is 1250. The molecule has 0 saturated heterocycles. The number of thioether (sulfide) groups is 1. The molecule has 0 aliphatic heterocycles. The van der Waals surface area contributed by atoms with Crippen LogP contribution in [0.5, 0.6) is 0 Å². The van der Waals surface area contributed by atoms with Gasteiger partial charge >= 0.3 is 0 Å². The van der Waals surface area contributed by atoms with Crippen LogP contribution in [0.25, 0.3) is 10.8 Å². The normalized spacial score (nSPS) is 11.0. The van der Waals surface area contributed by atoms with Crippen molar-refractivity contribution in [1.82, 2.24) is 14.8 Å². The number of benzene rings is 3. The maximum Gasteiger partial charge on any atom is 0.234 e. The van der Waals surface area contributed by atoms with E-state index in [1.54, 1.807) is 0 Å². The Morgan fingerprint density at radius 1 is 1.00 bits per heavy atom. The third-order valence-corrected chi connectivity index (χ3v) is 6.29. The van der Waals surface area contributed by atoms with Gasteiger partial charge in [-0.3, -0.25) is 4.79 Å². The summed E-state index contributed by atoms with van der Waals surface area (Å²) in [5.74, 6) is 1.06. The molecule has 164 valence electrons. The average Bonchev–Trinajstić information content (AvgIpc) is 3.19. The maximum atomic E-state index is 12.6. The quantitative estimate of drug-likeness (QED) is 0.355. The van der Waals surface area contributed by atoms with Crippen molar-refractivity contribution in [3.8, 4) is 0 Å². The molecule has 0 fully saturated rings. The van der Waals surface area contributed by atoms with Crippen LogP contribution in [0.2, 0.25) is 0 Å². The Kier molecular flexibility index (Phi) is 6.75. The number of hydrogen-bond donors (Lipinski definition) is 2. The van der Waals surface area contributed by atoms with Crippen molar-refractivity contribution in [2.45, 2.75) is 39.0 Å². The Labute approximate surface area is 192 Å². The number of aromatic nitrogens is 3. The Balaban J connectivity index is 1.39. The van der Waals surface area contributed by atoms with Crippen molar-refractivity contribution in [3.63, 3.8) is 0 Å². The summed E-state index contributed by atoms with van der Waals surface area (Å²) in [5.41, 5.74) is 4.35. The Morgan fingerprint density at radius 3 is 2.62 bits per heavy atom. The number of carbonyl (C=O) groups is 1. The molecule has 0 unspecified atom stereocenters. The lowest BCUT2D eigenvalue weighted by molar-refractivity contribution is -0.113. The highest BCUT2D eigenvalue weighted by Crippen LogP contribution is 2.24. The van der Waals surface area contributed by atoms with E-state index in [4.69, 9.17) is 0 Å². The molecule has 0 saturated carbocycles. The number of fused-ring (bicyclic) bond motifs is 1. The number of carbonyl (C=O) groups excluding carboxylic acids is 1. The molecule has 0 aliphatic carbocycles. The fourth-order valence-corrected chi connectivity index (χ4v) is 4.53. The summed E-state index contributed by atoms with van der Waals surface area (Å²) < 4.78 is 2.05. The summed E-state index contributed by atoms with van der Waals surface area (Å²) >= 11 is 1.40. The van der Waals surface area contributed by atoms with Gasteiger partial charge in [0.1, 0.15) is 0 Å². The third-order valence-electron chi connectivity index (χ3n) is 5.32. The van der Waals surface area contributed by atoms with Crippen LogP contribution in [0.3, 0.4) is 0 Å². The van der Waals surface area contributed by atoms with Gasteiger partial charge in [0, 0.05) is 23.3 Å². The van der Waals surface area contributed by atoms with Crippen LogP contribution in [0.1, 0.15) is 23.9 Å². The molecule has 0 atom stereocenters. The third kappa shape index (κ3) is 4.94. The van der Waals surface area contributed by atoms with Gasteiger partial charge in [-0.2, -0.15) is 0 Å². The highest BCUT2D eigenvalue weighted by atomic mass is 32.2. The summed E-state index contributed by atoms with van der Waals surface area (Å²) in [5, 5.41) is 18.0. The first-order valence-electron chi connectivity index (χ1n) is 10.7. The zero-order valence-electron chi connectivity index (χ0n) is 18.6. The molecule has 1 amide bonds. The Morgan fingerprint density at radius 2 is 1.81 bits per heavy atom. The van der Waals surface area contributed by atoms with Crippen molar-refractivity contribution in [3.05, 3.63) is 77.6 Å². The van der Waals surface area contributed by atoms with Crippen molar-refractivity contribution in [2.75, 3.05) is 16.4 Å². The summed E-state index contributed by atoms with van der Waals surface area (Å²) in [6, 6.07) is 20.3. The number of nitrogens with one attached hydrogen (secondary N) is 2. The largest absolute Gasteiger partial charge is 0.378 e. The van der Waals surface area contributed by atoms with Gasteiger partial charge in [-0.25, -0.2) is 0 Å². The van der Waals surface area contributed by atoms with Gasteiger partial charge < -0.3 is 15.2 Å². The van der Waals surface area contributed by atoms with Crippen LogP contribution in [-0.2, 0) is 17.9 Å². The van der Waals surface area contributed by atoms with E-state index in [1.807, 2.05) is 47.0 Å². The number of rotatable bonds is 8. The van der Waals surface area contributed by atoms with E-state index in [0.29, 0.717) is 6.54 Å². The number of hydrogen-bond acceptors (Lipinski definition) is 5. The molecule has 1 heterocycles. The molecule has 0 spiro atoms. The summed E-state index contributed by atoms with van der Waals surface area (Å²) in [6.07, 6.45) is 0. The molecule has 1 aromatic heterocycles. The van der Waals surface area contributed by atoms with E-state index >= 15 is 0 Å². The smallest absolute Gasteiger partial charge is 0.234 e. The molecule has 4 rings (SSSR count). The second-order valence-electron chi connectivity index (χ2n) is 7.68. The predicted molar refractivity (Wildman–Crippen MR) is 132 cm³/mol. The maximum absolute atomic E-state index is 12.6. The SMILES string of the molecule is CCn1c(CNc2ccc(C)cc2C)nnc1SCC(=O)Nc1cccc2ccccc12. The molecule has 32 heavy (non-hydrogen) atoms. The van der Waals surface area contributed by atoms with Crippen molar-refractivity contribution in [2.24, 2.45) is 0 Å². The van der Waals surface area contributed by atoms with Gasteiger partial charge in [0.2, 0.25) is 5.91 Å². The first-order chi connectivity index (χ1) is 15.5. The summed E-state index contributed by atoms with van der Waals surface area (Å²) in [6.45, 7) is 7.56. The minimum Gasteiger partial charge on any atom is -0.378 e. The standard InChI is InChI=1S/C25H27N5OS/c1-4-30-23(15-26-21-13-12-17(2)14-18(21)3)28-29-25(30)32-16-24(31)27-22-11-7-9-19-8-5-6-10-20(19)22/h5-14,26H,4,15-16H2,1-3H3,(H,27,31). The van der Waals surface area contributed by atoms with E-state index in [1.165, 1.54) is 22.9 Å². The molecule has 0 radical (unpaired) electrons. The number of aryl methyl sites for hydroxylation is 2. The molecule has 7 heteroatoms. The van der Waals surface area contributed by atoms with E-state index < -0.39 is 0 Å². The summed E-state index contributed by atoms with van der Waals surface area (Å²) in [7, 11) is 0. The van der Waals surface area contributed by atoms with Crippen LogP contribution >= 0.6 is 11.8 Å². The fraction of sp³-hybridized carbons (Fsp3) is 0.240. The van der Waals surface area contributed by atoms with Crippen LogP contribution in [0, 0.1) is 13.8 Å². The van der Waals surface area contributed by atoms with Crippen molar-refractivity contribution < 1.29 is 4.79 Å². The minimum absolute atomic E-state index is 0.0630. The number of amides is 1. The molecule has 4 aromatic rings. The lowest BCUT2D eigenvalue weighted by Crippen LogP contribution is -2.15. The van der Waals surface area contributed by atoms with Crippen molar-refractivity contribution in [1.29, 1.82) is 0 Å². The van der Waals surface area contributed by atoms with Crippen LogP contribution in [-0.4, -0.2) is 26.4 Å². The van der Waals surface area contributed by atoms with Crippen molar-refractivity contribution >= 4 is 39.8 Å². The van der Waals surface area contributed by atoms with E-state index in [2.05, 4.69) is 59.8 Å². The number of nitrogens with zero attached hydrogens (tertiary/aromatic N) is 3. The van der Waals surface area contributed by atoms with Gasteiger partial charge in [0.25, 0.3) is 0 Å². The molecule has 0 bridgehead atoms. The molecular weight excluding hydrogens is 418 g/mol. The van der Waals surface area contributed by atoms with Gasteiger partial charge in [0.05, 0.1) is 12.3 Å². The van der Waals surface area contributed by atoms with Gasteiger partial charge in [0.15, 0.2) is 11.0 Å². The molecule has 3 aromatic carbocycles. The average molecular weight is 446 g/mol. The monoisotopic (exact) mass is 445 g/mol. The minimum atomic E-state index is -0.0630. The zero-order chi connectivity index (χ0) is 22.5.